The normalized spacial score (nSPS) is 27.9. The number of carbonyl (C=O) groups excluding carboxylic acids is 2. The van der Waals surface area contributed by atoms with E-state index in [0.717, 1.165) is 32.5 Å². The summed E-state index contributed by atoms with van der Waals surface area (Å²) in [6.45, 7) is 3.06. The number of likely N-dealkylation sites (tertiary alicyclic amines) is 2. The van der Waals surface area contributed by atoms with Crippen molar-refractivity contribution < 1.29 is 9.59 Å². The van der Waals surface area contributed by atoms with Gasteiger partial charge >= 0.3 is 0 Å². The van der Waals surface area contributed by atoms with Gasteiger partial charge in [-0.2, -0.15) is 5.10 Å². The molecular weight excluding hydrogens is 292 g/mol. The molecule has 0 unspecified atom stereocenters. The van der Waals surface area contributed by atoms with Gasteiger partial charge in [-0.1, -0.05) is 0 Å². The molecule has 0 N–H and O–H groups in total. The molecule has 6 nitrogen and oxygen atoms in total. The van der Waals surface area contributed by atoms with E-state index >= 15 is 0 Å². The van der Waals surface area contributed by atoms with Gasteiger partial charge in [0.1, 0.15) is 0 Å². The van der Waals surface area contributed by atoms with E-state index in [0.29, 0.717) is 18.9 Å². The molecule has 3 heterocycles. The van der Waals surface area contributed by atoms with Crippen molar-refractivity contribution in [2.75, 3.05) is 19.6 Å². The highest BCUT2D eigenvalue weighted by molar-refractivity contribution is 5.89. The Morgan fingerprint density at radius 2 is 2.13 bits per heavy atom. The minimum absolute atomic E-state index is 0.139. The summed E-state index contributed by atoms with van der Waals surface area (Å²) in [5.41, 5.74) is 0. The second-order valence-corrected chi connectivity index (χ2v) is 7.20. The predicted molar refractivity (Wildman–Crippen MR) is 84.4 cm³/mol. The van der Waals surface area contributed by atoms with Crippen LogP contribution < -0.4 is 0 Å². The van der Waals surface area contributed by atoms with Crippen LogP contribution in [0, 0.1) is 11.8 Å². The molecule has 1 aromatic rings. The Morgan fingerprint density at radius 1 is 1.26 bits per heavy atom. The van der Waals surface area contributed by atoms with Crippen molar-refractivity contribution in [1.82, 2.24) is 19.6 Å². The molecule has 1 aliphatic carbocycles. The molecule has 3 fully saturated rings. The Kier molecular flexibility index (Phi) is 3.83. The predicted octanol–water partition coefficient (Wildman–Crippen LogP) is 1.13. The van der Waals surface area contributed by atoms with Crippen LogP contribution in [-0.2, 0) is 16.1 Å². The molecule has 3 aliphatic rings. The van der Waals surface area contributed by atoms with E-state index in [-0.39, 0.29) is 23.8 Å². The Balaban J connectivity index is 1.38. The molecule has 2 saturated heterocycles. The third-order valence-electron chi connectivity index (χ3n) is 5.36. The lowest BCUT2D eigenvalue weighted by Crippen LogP contribution is -2.42. The van der Waals surface area contributed by atoms with Crippen LogP contribution in [-0.4, -0.2) is 57.1 Å². The summed E-state index contributed by atoms with van der Waals surface area (Å²) in [6.07, 6.45) is 8.66. The lowest BCUT2D eigenvalue weighted by Gasteiger charge is -2.27. The number of carbonyl (C=O) groups is 2. The van der Waals surface area contributed by atoms with Crippen molar-refractivity contribution in [3.8, 4) is 0 Å². The third-order valence-corrected chi connectivity index (χ3v) is 5.36. The maximum Gasteiger partial charge on any atom is 0.228 e. The van der Waals surface area contributed by atoms with Gasteiger partial charge in [-0.25, -0.2) is 0 Å². The first-order valence-electron chi connectivity index (χ1n) is 8.76. The van der Waals surface area contributed by atoms with Crippen molar-refractivity contribution in [3.05, 3.63) is 18.5 Å². The summed E-state index contributed by atoms with van der Waals surface area (Å²) in [4.78, 5) is 29.0. The summed E-state index contributed by atoms with van der Waals surface area (Å²) in [6, 6.07) is 2.13. The van der Waals surface area contributed by atoms with Crippen LogP contribution in [0.25, 0.3) is 0 Å². The molecule has 0 bridgehead atoms. The van der Waals surface area contributed by atoms with E-state index in [4.69, 9.17) is 0 Å². The third kappa shape index (κ3) is 3.12. The first-order chi connectivity index (χ1) is 11.2. The Morgan fingerprint density at radius 3 is 2.87 bits per heavy atom. The number of aromatic nitrogens is 2. The van der Waals surface area contributed by atoms with Gasteiger partial charge in [0.05, 0.1) is 18.5 Å². The van der Waals surface area contributed by atoms with Gasteiger partial charge in [0, 0.05) is 38.4 Å². The smallest absolute Gasteiger partial charge is 0.228 e. The molecule has 1 saturated carbocycles. The largest absolute Gasteiger partial charge is 0.342 e. The van der Waals surface area contributed by atoms with E-state index in [9.17, 15) is 9.59 Å². The van der Waals surface area contributed by atoms with Crippen LogP contribution in [0.1, 0.15) is 32.1 Å². The zero-order valence-corrected chi connectivity index (χ0v) is 13.4. The fraction of sp³-hybridized carbons (Fsp3) is 0.706. The zero-order chi connectivity index (χ0) is 15.8. The van der Waals surface area contributed by atoms with Crippen LogP contribution >= 0.6 is 0 Å². The molecule has 0 radical (unpaired) electrons. The molecule has 6 heteroatoms. The minimum atomic E-state index is -0.139. The second-order valence-electron chi connectivity index (χ2n) is 7.20. The average molecular weight is 316 g/mol. The van der Waals surface area contributed by atoms with Crippen molar-refractivity contribution in [3.63, 3.8) is 0 Å². The van der Waals surface area contributed by atoms with E-state index in [1.165, 1.54) is 12.8 Å². The molecule has 0 aromatic carbocycles. The topological polar surface area (TPSA) is 58.4 Å². The summed E-state index contributed by atoms with van der Waals surface area (Å²) in [5, 5.41) is 4.25. The van der Waals surface area contributed by atoms with E-state index < -0.39 is 0 Å². The zero-order valence-electron chi connectivity index (χ0n) is 13.4. The molecule has 2 amide bonds. The number of hydrogen-bond donors (Lipinski definition) is 0. The van der Waals surface area contributed by atoms with Crippen molar-refractivity contribution in [2.45, 2.75) is 44.7 Å². The lowest BCUT2D eigenvalue weighted by atomic mass is 10.1. The molecule has 4 rings (SSSR count). The summed E-state index contributed by atoms with van der Waals surface area (Å²) >= 11 is 0. The standard InChI is InChI=1S/C17H24N4O2/c22-16-9-14(11-19(16)10-13-4-5-13)17(23)21-8-1-3-15(21)12-20-7-2-6-18-20/h2,6-7,13-15H,1,3-5,8-12H2/t14-,15-/m0/s1. The maximum atomic E-state index is 12.9. The van der Waals surface area contributed by atoms with Gasteiger partial charge in [-0.3, -0.25) is 14.3 Å². The van der Waals surface area contributed by atoms with E-state index in [2.05, 4.69) is 5.10 Å². The minimum Gasteiger partial charge on any atom is -0.342 e. The molecule has 1 aromatic heterocycles. The van der Waals surface area contributed by atoms with Crippen molar-refractivity contribution in [2.24, 2.45) is 11.8 Å². The molecule has 2 atom stereocenters. The van der Waals surface area contributed by atoms with Crippen molar-refractivity contribution >= 4 is 11.8 Å². The molecule has 0 spiro atoms. The average Bonchev–Trinajstić information content (AvgIpc) is 2.94. The monoisotopic (exact) mass is 316 g/mol. The molecule has 23 heavy (non-hydrogen) atoms. The summed E-state index contributed by atoms with van der Waals surface area (Å²) in [5.74, 6) is 0.885. The maximum absolute atomic E-state index is 12.9. The van der Waals surface area contributed by atoms with Gasteiger partial charge in [0.15, 0.2) is 0 Å². The highest BCUT2D eigenvalue weighted by atomic mass is 16.2. The molecular formula is C17H24N4O2. The second kappa shape index (κ2) is 5.98. The van der Waals surface area contributed by atoms with E-state index in [1.807, 2.05) is 26.7 Å². The van der Waals surface area contributed by atoms with Gasteiger partial charge in [0.25, 0.3) is 0 Å². The number of rotatable bonds is 5. The number of hydrogen-bond acceptors (Lipinski definition) is 3. The Hall–Kier alpha value is -1.85. The van der Waals surface area contributed by atoms with E-state index in [1.54, 1.807) is 6.20 Å². The SMILES string of the molecule is O=C1C[C@H](C(=O)N2CCC[C@H]2Cn2cccn2)CN1CC1CC1. The van der Waals surface area contributed by atoms with Crippen LogP contribution in [0.5, 0.6) is 0 Å². The fourth-order valence-corrected chi connectivity index (χ4v) is 3.90. The Labute approximate surface area is 136 Å². The summed E-state index contributed by atoms with van der Waals surface area (Å²) < 4.78 is 1.90. The first kappa shape index (κ1) is 14.7. The quantitative estimate of drug-likeness (QED) is 0.818. The van der Waals surface area contributed by atoms with Crippen LogP contribution in [0.3, 0.4) is 0 Å². The highest BCUT2D eigenvalue weighted by Gasteiger charge is 2.41. The van der Waals surface area contributed by atoms with Gasteiger partial charge in [0.2, 0.25) is 11.8 Å². The number of nitrogens with zero attached hydrogens (tertiary/aromatic N) is 4. The number of amides is 2. The van der Waals surface area contributed by atoms with Gasteiger partial charge < -0.3 is 9.80 Å². The summed E-state index contributed by atoms with van der Waals surface area (Å²) in [7, 11) is 0. The van der Waals surface area contributed by atoms with Crippen LogP contribution in [0.4, 0.5) is 0 Å². The van der Waals surface area contributed by atoms with Crippen LogP contribution in [0.2, 0.25) is 0 Å². The molecule has 124 valence electrons. The molecule has 2 aliphatic heterocycles. The Bertz CT molecular complexity index is 581. The van der Waals surface area contributed by atoms with Gasteiger partial charge in [-0.15, -0.1) is 0 Å². The van der Waals surface area contributed by atoms with Crippen molar-refractivity contribution in [1.29, 1.82) is 0 Å². The highest BCUT2D eigenvalue weighted by Crippen LogP contribution is 2.33. The lowest BCUT2D eigenvalue weighted by molar-refractivity contribution is -0.136. The first-order valence-corrected chi connectivity index (χ1v) is 8.76. The van der Waals surface area contributed by atoms with Gasteiger partial charge in [-0.05, 0) is 37.7 Å². The van der Waals surface area contributed by atoms with Crippen LogP contribution in [0.15, 0.2) is 18.5 Å². The fourth-order valence-electron chi connectivity index (χ4n) is 3.90.